The summed E-state index contributed by atoms with van der Waals surface area (Å²) in [6, 6.07) is 7.19. The molecule has 2 atom stereocenters. The second-order valence-electron chi connectivity index (χ2n) is 5.77. The number of rotatable bonds is 5. The summed E-state index contributed by atoms with van der Waals surface area (Å²) in [5.41, 5.74) is 4.17. The lowest BCUT2D eigenvalue weighted by Gasteiger charge is -2.25. The average molecular weight is 261 g/mol. The Kier molecular flexibility index (Phi) is 5.41. The molecule has 0 amide bonds. The van der Waals surface area contributed by atoms with E-state index in [-0.39, 0.29) is 0 Å². The summed E-state index contributed by atoms with van der Waals surface area (Å²) in [5, 5.41) is 3.47. The van der Waals surface area contributed by atoms with Crippen LogP contribution in [0.3, 0.4) is 0 Å². The Morgan fingerprint density at radius 3 is 2.84 bits per heavy atom. The highest BCUT2D eigenvalue weighted by atomic mass is 16.5. The van der Waals surface area contributed by atoms with Crippen LogP contribution in [0.2, 0.25) is 0 Å². The van der Waals surface area contributed by atoms with E-state index in [9.17, 15) is 0 Å². The first-order chi connectivity index (χ1) is 9.20. The molecule has 1 aliphatic rings. The lowest BCUT2D eigenvalue weighted by molar-refractivity contribution is 0.00865. The first-order valence-electron chi connectivity index (χ1n) is 7.56. The van der Waals surface area contributed by atoms with Gasteiger partial charge in [-0.05, 0) is 64.1 Å². The molecule has 1 fully saturated rings. The Bertz CT molecular complexity index is 396. The lowest BCUT2D eigenvalue weighted by Crippen LogP contribution is -2.23. The summed E-state index contributed by atoms with van der Waals surface area (Å²) < 4.78 is 5.83. The molecule has 19 heavy (non-hydrogen) atoms. The molecule has 1 N–H and O–H groups in total. The number of nitrogens with one attached hydrogen (secondary N) is 1. The molecular weight excluding hydrogens is 234 g/mol. The van der Waals surface area contributed by atoms with Crippen molar-refractivity contribution in [1.82, 2.24) is 5.32 Å². The molecule has 0 aromatic heterocycles. The van der Waals surface area contributed by atoms with Crippen LogP contribution in [-0.4, -0.2) is 19.8 Å². The topological polar surface area (TPSA) is 21.3 Å². The molecule has 0 spiro atoms. The molecule has 1 aromatic rings. The van der Waals surface area contributed by atoms with Gasteiger partial charge in [0.1, 0.15) is 0 Å². The van der Waals surface area contributed by atoms with Crippen molar-refractivity contribution in [2.75, 3.05) is 13.7 Å². The molecule has 2 heteroatoms. The van der Waals surface area contributed by atoms with Gasteiger partial charge in [-0.25, -0.2) is 0 Å². The van der Waals surface area contributed by atoms with Crippen LogP contribution in [0.15, 0.2) is 18.2 Å². The smallest absolute Gasteiger partial charge is 0.0575 e. The molecule has 2 nitrogen and oxygen atoms in total. The SMILES string of the molecule is CNC(CCC1CCCCO1)c1cc(C)ccc1C. The number of hydrogen-bond donors (Lipinski definition) is 1. The van der Waals surface area contributed by atoms with E-state index < -0.39 is 0 Å². The third kappa shape index (κ3) is 4.05. The summed E-state index contributed by atoms with van der Waals surface area (Å²) in [4.78, 5) is 0. The van der Waals surface area contributed by atoms with E-state index in [4.69, 9.17) is 4.74 Å². The van der Waals surface area contributed by atoms with Gasteiger partial charge in [0.05, 0.1) is 6.10 Å². The molecule has 2 unspecified atom stereocenters. The first-order valence-corrected chi connectivity index (χ1v) is 7.56. The normalized spacial score (nSPS) is 21.3. The van der Waals surface area contributed by atoms with Crippen LogP contribution in [0, 0.1) is 13.8 Å². The molecule has 106 valence electrons. The van der Waals surface area contributed by atoms with E-state index in [1.54, 1.807) is 0 Å². The van der Waals surface area contributed by atoms with Crippen LogP contribution in [0.1, 0.15) is 54.8 Å². The van der Waals surface area contributed by atoms with Crippen LogP contribution in [0.5, 0.6) is 0 Å². The van der Waals surface area contributed by atoms with Crippen molar-refractivity contribution < 1.29 is 4.74 Å². The minimum Gasteiger partial charge on any atom is -0.378 e. The van der Waals surface area contributed by atoms with Crippen LogP contribution in [0.4, 0.5) is 0 Å². The minimum atomic E-state index is 0.449. The van der Waals surface area contributed by atoms with Crippen molar-refractivity contribution in [3.8, 4) is 0 Å². The average Bonchev–Trinajstić information content (AvgIpc) is 2.44. The van der Waals surface area contributed by atoms with Crippen molar-refractivity contribution in [2.24, 2.45) is 0 Å². The summed E-state index contributed by atoms with van der Waals surface area (Å²) >= 11 is 0. The second kappa shape index (κ2) is 7.06. The van der Waals surface area contributed by atoms with Gasteiger partial charge in [0.2, 0.25) is 0 Å². The van der Waals surface area contributed by atoms with E-state index in [0.29, 0.717) is 12.1 Å². The first kappa shape index (κ1) is 14.5. The molecule has 0 bridgehead atoms. The van der Waals surface area contributed by atoms with Crippen LogP contribution in [-0.2, 0) is 4.74 Å². The molecular formula is C17H27NO. The predicted molar refractivity (Wildman–Crippen MR) is 80.5 cm³/mol. The Labute approximate surface area is 117 Å². The fourth-order valence-electron chi connectivity index (χ4n) is 2.98. The van der Waals surface area contributed by atoms with Gasteiger partial charge in [-0.3, -0.25) is 0 Å². The monoisotopic (exact) mass is 261 g/mol. The van der Waals surface area contributed by atoms with E-state index in [1.165, 1.54) is 42.4 Å². The number of benzene rings is 1. The standard InChI is InChI=1S/C17H27NO/c1-13-7-8-14(2)16(12-13)17(18-3)10-9-15-6-4-5-11-19-15/h7-8,12,15,17-18H,4-6,9-11H2,1-3H3. The second-order valence-corrected chi connectivity index (χ2v) is 5.77. The van der Waals surface area contributed by atoms with Gasteiger partial charge >= 0.3 is 0 Å². The van der Waals surface area contributed by atoms with Gasteiger partial charge in [0.25, 0.3) is 0 Å². The van der Waals surface area contributed by atoms with Crippen LogP contribution < -0.4 is 5.32 Å². The van der Waals surface area contributed by atoms with E-state index in [2.05, 4.69) is 44.4 Å². The van der Waals surface area contributed by atoms with Crippen molar-refractivity contribution in [2.45, 2.75) is 58.1 Å². The molecule has 0 saturated carbocycles. The maximum Gasteiger partial charge on any atom is 0.0575 e. The largest absolute Gasteiger partial charge is 0.378 e. The molecule has 0 radical (unpaired) electrons. The fourth-order valence-corrected chi connectivity index (χ4v) is 2.98. The van der Waals surface area contributed by atoms with E-state index >= 15 is 0 Å². The van der Waals surface area contributed by atoms with E-state index in [1.807, 2.05) is 0 Å². The zero-order valence-corrected chi connectivity index (χ0v) is 12.5. The predicted octanol–water partition coefficient (Wildman–Crippen LogP) is 3.91. The third-order valence-electron chi connectivity index (χ3n) is 4.21. The summed E-state index contributed by atoms with van der Waals surface area (Å²) in [6.45, 7) is 5.33. The van der Waals surface area contributed by atoms with Crippen molar-refractivity contribution in [1.29, 1.82) is 0 Å². The maximum atomic E-state index is 5.83. The summed E-state index contributed by atoms with van der Waals surface area (Å²) in [5.74, 6) is 0. The highest BCUT2D eigenvalue weighted by Crippen LogP contribution is 2.26. The Balaban J connectivity index is 1.97. The number of aryl methyl sites for hydroxylation is 2. The molecule has 1 heterocycles. The summed E-state index contributed by atoms with van der Waals surface area (Å²) in [6.07, 6.45) is 6.62. The molecule has 1 saturated heterocycles. The molecule has 2 rings (SSSR count). The fraction of sp³-hybridized carbons (Fsp3) is 0.647. The Morgan fingerprint density at radius 2 is 2.16 bits per heavy atom. The van der Waals surface area contributed by atoms with Gasteiger partial charge < -0.3 is 10.1 Å². The Morgan fingerprint density at radius 1 is 1.32 bits per heavy atom. The number of ether oxygens (including phenoxy) is 1. The zero-order valence-electron chi connectivity index (χ0n) is 12.5. The molecule has 1 aliphatic heterocycles. The van der Waals surface area contributed by atoms with Crippen LogP contribution in [0.25, 0.3) is 0 Å². The highest BCUT2D eigenvalue weighted by molar-refractivity contribution is 5.32. The third-order valence-corrected chi connectivity index (χ3v) is 4.21. The highest BCUT2D eigenvalue weighted by Gasteiger charge is 2.18. The summed E-state index contributed by atoms with van der Waals surface area (Å²) in [7, 11) is 2.06. The Hall–Kier alpha value is -0.860. The van der Waals surface area contributed by atoms with Gasteiger partial charge in [-0.15, -0.1) is 0 Å². The van der Waals surface area contributed by atoms with E-state index in [0.717, 1.165) is 13.0 Å². The lowest BCUT2D eigenvalue weighted by atomic mass is 9.93. The van der Waals surface area contributed by atoms with Crippen molar-refractivity contribution >= 4 is 0 Å². The van der Waals surface area contributed by atoms with Crippen molar-refractivity contribution in [3.63, 3.8) is 0 Å². The van der Waals surface area contributed by atoms with Gasteiger partial charge in [-0.1, -0.05) is 23.8 Å². The van der Waals surface area contributed by atoms with Gasteiger partial charge in [0.15, 0.2) is 0 Å². The number of hydrogen-bond acceptors (Lipinski definition) is 2. The maximum absolute atomic E-state index is 5.83. The van der Waals surface area contributed by atoms with Crippen LogP contribution >= 0.6 is 0 Å². The minimum absolute atomic E-state index is 0.449. The van der Waals surface area contributed by atoms with Gasteiger partial charge in [-0.2, -0.15) is 0 Å². The molecule has 0 aliphatic carbocycles. The van der Waals surface area contributed by atoms with Crippen molar-refractivity contribution in [3.05, 3.63) is 34.9 Å². The van der Waals surface area contributed by atoms with Gasteiger partial charge in [0, 0.05) is 12.6 Å². The zero-order chi connectivity index (χ0) is 13.7. The molecule has 1 aromatic carbocycles. The quantitative estimate of drug-likeness (QED) is 0.867.